The summed E-state index contributed by atoms with van der Waals surface area (Å²) in [6, 6.07) is 0. The Morgan fingerprint density at radius 2 is 2.20 bits per heavy atom. The van der Waals surface area contributed by atoms with Crippen molar-refractivity contribution in [3.8, 4) is 0 Å². The van der Waals surface area contributed by atoms with Crippen LogP contribution >= 0.6 is 11.6 Å². The number of halogens is 1. The fraction of sp³-hybridized carbons (Fsp3) is 0.727. The molecular formula is C11H20ClN3. The zero-order valence-corrected chi connectivity index (χ0v) is 10.7. The van der Waals surface area contributed by atoms with Crippen LogP contribution in [0.5, 0.6) is 0 Å². The van der Waals surface area contributed by atoms with Gasteiger partial charge in [-0.15, -0.1) is 0 Å². The Hall–Kier alpha value is -0.540. The molecule has 1 atom stereocenters. The normalized spacial score (nSPS) is 13.1. The maximum absolute atomic E-state index is 6.18. The summed E-state index contributed by atoms with van der Waals surface area (Å²) in [5.41, 5.74) is 2.08. The number of hydrogen-bond donors (Lipinski definition) is 1. The van der Waals surface area contributed by atoms with Crippen LogP contribution in [0.2, 0.25) is 5.02 Å². The van der Waals surface area contributed by atoms with Crippen molar-refractivity contribution < 1.29 is 0 Å². The first-order valence-corrected chi connectivity index (χ1v) is 5.76. The van der Waals surface area contributed by atoms with E-state index >= 15 is 0 Å². The van der Waals surface area contributed by atoms with E-state index in [-0.39, 0.29) is 0 Å². The molecule has 0 aliphatic heterocycles. The van der Waals surface area contributed by atoms with Crippen LogP contribution in [-0.4, -0.2) is 23.4 Å². The lowest BCUT2D eigenvalue weighted by molar-refractivity contribution is 0.495. The van der Waals surface area contributed by atoms with Gasteiger partial charge in [-0.25, -0.2) is 0 Å². The van der Waals surface area contributed by atoms with Crippen LogP contribution in [0.25, 0.3) is 0 Å². The van der Waals surface area contributed by atoms with E-state index in [1.54, 1.807) is 0 Å². The topological polar surface area (TPSA) is 29.9 Å². The number of nitrogens with zero attached hydrogens (tertiary/aromatic N) is 2. The molecule has 0 aromatic carbocycles. The summed E-state index contributed by atoms with van der Waals surface area (Å²) in [5, 5.41) is 8.31. The first-order valence-electron chi connectivity index (χ1n) is 5.38. The molecule has 0 spiro atoms. The second kappa shape index (κ2) is 5.52. The number of nitrogens with one attached hydrogen (secondary N) is 1. The highest BCUT2D eigenvalue weighted by Gasteiger charge is 2.11. The van der Waals surface area contributed by atoms with Gasteiger partial charge in [0.1, 0.15) is 0 Å². The highest BCUT2D eigenvalue weighted by Crippen LogP contribution is 2.21. The molecule has 3 nitrogen and oxygen atoms in total. The predicted molar refractivity (Wildman–Crippen MR) is 64.4 cm³/mol. The largest absolute Gasteiger partial charge is 0.319 e. The molecule has 1 unspecified atom stereocenters. The van der Waals surface area contributed by atoms with Gasteiger partial charge in [-0.05, 0) is 39.3 Å². The maximum Gasteiger partial charge on any atom is 0.0846 e. The second-order valence-electron chi connectivity index (χ2n) is 4.17. The average Bonchev–Trinajstić information content (AvgIpc) is 2.40. The van der Waals surface area contributed by atoms with Crippen LogP contribution in [-0.2, 0) is 13.5 Å². The standard InChI is InChI=1S/C11H20ClN3/c1-8(7-13-3)5-6-10-11(12)9(2)14-15(10)4/h8,13H,5-7H2,1-4H3. The third-order valence-electron chi connectivity index (χ3n) is 2.69. The minimum atomic E-state index is 0.668. The summed E-state index contributed by atoms with van der Waals surface area (Å²) in [4.78, 5) is 0. The molecule has 1 heterocycles. The Bertz CT molecular complexity index is 320. The van der Waals surface area contributed by atoms with Crippen LogP contribution < -0.4 is 5.32 Å². The van der Waals surface area contributed by atoms with Gasteiger partial charge in [-0.1, -0.05) is 18.5 Å². The van der Waals surface area contributed by atoms with Crippen molar-refractivity contribution in [3.05, 3.63) is 16.4 Å². The molecule has 0 radical (unpaired) electrons. The van der Waals surface area contributed by atoms with Gasteiger partial charge in [0.2, 0.25) is 0 Å². The summed E-state index contributed by atoms with van der Waals surface area (Å²) < 4.78 is 1.89. The van der Waals surface area contributed by atoms with E-state index in [2.05, 4.69) is 17.3 Å². The molecule has 4 heteroatoms. The van der Waals surface area contributed by atoms with E-state index in [1.165, 1.54) is 0 Å². The monoisotopic (exact) mass is 229 g/mol. The molecule has 86 valence electrons. The highest BCUT2D eigenvalue weighted by atomic mass is 35.5. The van der Waals surface area contributed by atoms with E-state index in [4.69, 9.17) is 11.6 Å². The SMILES string of the molecule is CNCC(C)CCc1c(Cl)c(C)nn1C. The molecule has 1 N–H and O–H groups in total. The third kappa shape index (κ3) is 3.21. The van der Waals surface area contributed by atoms with Gasteiger partial charge in [0.25, 0.3) is 0 Å². The van der Waals surface area contributed by atoms with Gasteiger partial charge < -0.3 is 5.32 Å². The number of aromatic nitrogens is 2. The molecule has 1 aromatic heterocycles. The van der Waals surface area contributed by atoms with Gasteiger partial charge in [0.15, 0.2) is 0 Å². The van der Waals surface area contributed by atoms with Gasteiger partial charge in [-0.3, -0.25) is 4.68 Å². The van der Waals surface area contributed by atoms with Crippen LogP contribution in [0, 0.1) is 12.8 Å². The lowest BCUT2D eigenvalue weighted by Gasteiger charge is -2.10. The van der Waals surface area contributed by atoms with Crippen LogP contribution in [0.4, 0.5) is 0 Å². The Balaban J connectivity index is 2.57. The van der Waals surface area contributed by atoms with Gasteiger partial charge in [-0.2, -0.15) is 5.10 Å². The van der Waals surface area contributed by atoms with Crippen molar-refractivity contribution in [2.24, 2.45) is 13.0 Å². The molecule has 0 bridgehead atoms. The van der Waals surface area contributed by atoms with E-state index in [1.807, 2.05) is 25.7 Å². The zero-order chi connectivity index (χ0) is 11.4. The van der Waals surface area contributed by atoms with Crippen LogP contribution in [0.1, 0.15) is 24.7 Å². The third-order valence-corrected chi connectivity index (χ3v) is 3.18. The van der Waals surface area contributed by atoms with Gasteiger partial charge in [0, 0.05) is 7.05 Å². The molecular weight excluding hydrogens is 210 g/mol. The molecule has 0 aliphatic rings. The fourth-order valence-corrected chi connectivity index (χ4v) is 2.04. The van der Waals surface area contributed by atoms with Crippen molar-refractivity contribution >= 4 is 11.6 Å². The van der Waals surface area contributed by atoms with Gasteiger partial charge in [0.05, 0.1) is 16.4 Å². The summed E-state index contributed by atoms with van der Waals surface area (Å²) in [6.45, 7) is 5.24. The molecule has 0 aliphatic carbocycles. The summed E-state index contributed by atoms with van der Waals surface area (Å²) in [6.07, 6.45) is 2.14. The van der Waals surface area contributed by atoms with Crippen LogP contribution in [0.15, 0.2) is 0 Å². The van der Waals surface area contributed by atoms with Crippen molar-refractivity contribution in [2.45, 2.75) is 26.7 Å². The Labute approximate surface area is 96.8 Å². The molecule has 1 rings (SSSR count). The van der Waals surface area contributed by atoms with E-state index < -0.39 is 0 Å². The zero-order valence-electron chi connectivity index (χ0n) is 9.97. The molecule has 0 saturated heterocycles. The quantitative estimate of drug-likeness (QED) is 0.839. The van der Waals surface area contributed by atoms with Crippen molar-refractivity contribution in [1.82, 2.24) is 15.1 Å². The predicted octanol–water partition coefficient (Wildman–Crippen LogP) is 2.17. The molecule has 1 aromatic rings. The van der Waals surface area contributed by atoms with Crippen molar-refractivity contribution in [3.63, 3.8) is 0 Å². The minimum Gasteiger partial charge on any atom is -0.319 e. The van der Waals surface area contributed by atoms with Crippen molar-refractivity contribution in [2.75, 3.05) is 13.6 Å². The lowest BCUT2D eigenvalue weighted by Crippen LogP contribution is -2.17. The number of rotatable bonds is 5. The first-order chi connectivity index (χ1) is 7.06. The Kier molecular flexibility index (Phi) is 4.61. The Morgan fingerprint density at radius 3 is 2.67 bits per heavy atom. The summed E-state index contributed by atoms with van der Waals surface area (Å²) in [7, 11) is 3.94. The lowest BCUT2D eigenvalue weighted by atomic mass is 10.0. The fourth-order valence-electron chi connectivity index (χ4n) is 1.79. The molecule has 0 amide bonds. The highest BCUT2D eigenvalue weighted by molar-refractivity contribution is 6.31. The van der Waals surface area contributed by atoms with E-state index in [0.29, 0.717) is 5.92 Å². The molecule has 0 saturated carbocycles. The second-order valence-corrected chi connectivity index (χ2v) is 4.55. The van der Waals surface area contributed by atoms with E-state index in [0.717, 1.165) is 35.8 Å². The number of aryl methyl sites for hydroxylation is 2. The Morgan fingerprint density at radius 1 is 1.53 bits per heavy atom. The summed E-state index contributed by atoms with van der Waals surface area (Å²) >= 11 is 6.18. The average molecular weight is 230 g/mol. The van der Waals surface area contributed by atoms with Crippen LogP contribution in [0.3, 0.4) is 0 Å². The maximum atomic E-state index is 6.18. The first kappa shape index (κ1) is 12.5. The summed E-state index contributed by atoms with van der Waals surface area (Å²) in [5.74, 6) is 0.668. The minimum absolute atomic E-state index is 0.668. The number of hydrogen-bond acceptors (Lipinski definition) is 2. The van der Waals surface area contributed by atoms with Crippen molar-refractivity contribution in [1.29, 1.82) is 0 Å². The molecule has 15 heavy (non-hydrogen) atoms. The molecule has 0 fully saturated rings. The van der Waals surface area contributed by atoms with E-state index in [9.17, 15) is 0 Å². The smallest absolute Gasteiger partial charge is 0.0846 e. The van der Waals surface area contributed by atoms with Gasteiger partial charge >= 0.3 is 0 Å².